The molecule has 0 atom stereocenters. The van der Waals surface area contributed by atoms with Crippen molar-refractivity contribution in [3.05, 3.63) is 107 Å². The molecule has 0 aliphatic heterocycles. The Morgan fingerprint density at radius 2 is 1.03 bits per heavy atom. The Balaban J connectivity index is 0.000000144. The van der Waals surface area contributed by atoms with E-state index < -0.39 is 0 Å². The first kappa shape index (κ1) is 20.4. The molecule has 2 aliphatic rings. The molecule has 0 saturated carbocycles. The van der Waals surface area contributed by atoms with Crippen LogP contribution in [0.4, 0.5) is 0 Å². The molecule has 2 heteroatoms. The monoisotopic (exact) mass is 420 g/mol. The highest BCUT2D eigenvalue weighted by atomic mass is 16.5. The molecule has 0 heterocycles. The zero-order valence-corrected chi connectivity index (χ0v) is 18.7. The standard InChI is InChI=1S/C17H18O2.C13H10/c1-3-18-16-10-9-14-13-8-6-5-7-12(13)11-15(14)17(16)19-4-2;1-3-7-12-10(5-1)9-11-6-2-4-8-13(11)12/h5-10H,3-4,11H2,1-2H3;1-8H,9H2. The van der Waals surface area contributed by atoms with Crippen LogP contribution in [0.15, 0.2) is 84.9 Å². The van der Waals surface area contributed by atoms with Gasteiger partial charge in [0, 0.05) is 12.0 Å². The van der Waals surface area contributed by atoms with E-state index in [0.717, 1.165) is 24.3 Å². The van der Waals surface area contributed by atoms with Crippen LogP contribution >= 0.6 is 0 Å². The van der Waals surface area contributed by atoms with Crippen LogP contribution in [-0.2, 0) is 12.8 Å². The third-order valence-electron chi connectivity index (χ3n) is 6.19. The Hall–Kier alpha value is -3.52. The smallest absolute Gasteiger partial charge is 0.165 e. The minimum atomic E-state index is 0.659. The molecule has 0 aromatic heterocycles. The maximum Gasteiger partial charge on any atom is 0.165 e. The highest BCUT2D eigenvalue weighted by molar-refractivity contribution is 5.80. The predicted molar refractivity (Wildman–Crippen MR) is 132 cm³/mol. The van der Waals surface area contributed by atoms with Gasteiger partial charge in [0.25, 0.3) is 0 Å². The number of hydrogen-bond donors (Lipinski definition) is 0. The second-order valence-corrected chi connectivity index (χ2v) is 8.11. The number of fused-ring (bicyclic) bond motifs is 6. The van der Waals surface area contributed by atoms with Crippen LogP contribution in [0, 0.1) is 0 Å². The van der Waals surface area contributed by atoms with Crippen molar-refractivity contribution in [3.8, 4) is 33.8 Å². The maximum atomic E-state index is 5.84. The predicted octanol–water partition coefficient (Wildman–Crippen LogP) is 7.31. The van der Waals surface area contributed by atoms with Gasteiger partial charge >= 0.3 is 0 Å². The zero-order valence-electron chi connectivity index (χ0n) is 18.7. The van der Waals surface area contributed by atoms with Gasteiger partial charge in [-0.2, -0.15) is 0 Å². The van der Waals surface area contributed by atoms with Gasteiger partial charge in [-0.3, -0.25) is 0 Å². The molecule has 4 aromatic carbocycles. The number of rotatable bonds is 4. The summed E-state index contributed by atoms with van der Waals surface area (Å²) < 4.78 is 11.5. The third-order valence-corrected chi connectivity index (χ3v) is 6.19. The van der Waals surface area contributed by atoms with Crippen molar-refractivity contribution < 1.29 is 9.47 Å². The summed E-state index contributed by atoms with van der Waals surface area (Å²) in [4.78, 5) is 0. The van der Waals surface area contributed by atoms with Gasteiger partial charge in [0.15, 0.2) is 11.5 Å². The molecular weight excluding hydrogens is 392 g/mol. The second kappa shape index (κ2) is 8.92. The van der Waals surface area contributed by atoms with Gasteiger partial charge in [-0.05, 0) is 65.3 Å². The van der Waals surface area contributed by atoms with Gasteiger partial charge in [-0.25, -0.2) is 0 Å². The molecular formula is C30H28O2. The van der Waals surface area contributed by atoms with E-state index in [1.54, 1.807) is 0 Å². The molecule has 32 heavy (non-hydrogen) atoms. The average Bonchev–Trinajstić information content (AvgIpc) is 3.40. The van der Waals surface area contributed by atoms with Crippen LogP contribution < -0.4 is 9.47 Å². The fourth-order valence-electron chi connectivity index (χ4n) is 4.81. The molecule has 6 rings (SSSR count). The number of benzene rings is 4. The van der Waals surface area contributed by atoms with E-state index in [1.807, 2.05) is 19.9 Å². The van der Waals surface area contributed by atoms with Crippen LogP contribution in [0.5, 0.6) is 11.5 Å². The quantitative estimate of drug-likeness (QED) is 0.298. The van der Waals surface area contributed by atoms with Gasteiger partial charge < -0.3 is 9.47 Å². The molecule has 0 fully saturated rings. The lowest BCUT2D eigenvalue weighted by Gasteiger charge is -2.14. The highest BCUT2D eigenvalue weighted by Crippen LogP contribution is 2.45. The van der Waals surface area contributed by atoms with Gasteiger partial charge in [-0.1, -0.05) is 78.9 Å². The topological polar surface area (TPSA) is 18.5 Å². The van der Waals surface area contributed by atoms with Gasteiger partial charge in [0.05, 0.1) is 13.2 Å². The lowest BCUT2D eigenvalue weighted by molar-refractivity contribution is 0.286. The molecule has 0 unspecified atom stereocenters. The SMILES string of the molecule is CCOc1ccc2c(c1OCC)Cc1ccccc1-2.c1ccc2c(c1)Cc1ccccc1-2. The van der Waals surface area contributed by atoms with E-state index in [-0.39, 0.29) is 0 Å². The lowest BCUT2D eigenvalue weighted by atomic mass is 10.1. The van der Waals surface area contributed by atoms with E-state index in [0.29, 0.717) is 13.2 Å². The molecule has 160 valence electrons. The van der Waals surface area contributed by atoms with E-state index in [1.165, 1.54) is 44.5 Å². The van der Waals surface area contributed by atoms with Crippen molar-refractivity contribution in [3.63, 3.8) is 0 Å². The van der Waals surface area contributed by atoms with Gasteiger partial charge in [0.1, 0.15) is 0 Å². The second-order valence-electron chi connectivity index (χ2n) is 8.11. The molecule has 0 spiro atoms. The summed E-state index contributed by atoms with van der Waals surface area (Å²) in [5.74, 6) is 1.77. The Bertz CT molecular complexity index is 1210. The zero-order chi connectivity index (χ0) is 21.9. The van der Waals surface area contributed by atoms with Crippen molar-refractivity contribution in [2.75, 3.05) is 13.2 Å². The molecule has 2 aliphatic carbocycles. The van der Waals surface area contributed by atoms with Crippen molar-refractivity contribution in [1.29, 1.82) is 0 Å². The first-order valence-corrected chi connectivity index (χ1v) is 11.5. The minimum Gasteiger partial charge on any atom is -0.490 e. The van der Waals surface area contributed by atoms with Crippen LogP contribution in [0.25, 0.3) is 22.3 Å². The minimum absolute atomic E-state index is 0.659. The Labute approximate surface area is 190 Å². The summed E-state index contributed by atoms with van der Waals surface area (Å²) in [6, 6.07) is 30.0. The largest absolute Gasteiger partial charge is 0.490 e. The first-order valence-electron chi connectivity index (χ1n) is 11.5. The van der Waals surface area contributed by atoms with Gasteiger partial charge in [-0.15, -0.1) is 0 Å². The van der Waals surface area contributed by atoms with E-state index >= 15 is 0 Å². The molecule has 0 N–H and O–H groups in total. The van der Waals surface area contributed by atoms with Crippen molar-refractivity contribution >= 4 is 0 Å². The summed E-state index contributed by atoms with van der Waals surface area (Å²) in [5, 5.41) is 0. The van der Waals surface area contributed by atoms with Crippen molar-refractivity contribution in [2.45, 2.75) is 26.7 Å². The van der Waals surface area contributed by atoms with E-state index in [9.17, 15) is 0 Å². The van der Waals surface area contributed by atoms with Gasteiger partial charge in [0.2, 0.25) is 0 Å². The summed E-state index contributed by atoms with van der Waals surface area (Å²) in [5.41, 5.74) is 11.0. The van der Waals surface area contributed by atoms with Crippen LogP contribution in [0.2, 0.25) is 0 Å². The third kappa shape index (κ3) is 3.67. The fourth-order valence-corrected chi connectivity index (χ4v) is 4.81. The first-order chi connectivity index (χ1) is 15.8. The normalized spacial score (nSPS) is 12.1. The molecule has 0 bridgehead atoms. The Kier molecular flexibility index (Phi) is 5.68. The molecule has 0 saturated heterocycles. The maximum absolute atomic E-state index is 5.84. The average molecular weight is 421 g/mol. The summed E-state index contributed by atoms with van der Waals surface area (Å²) >= 11 is 0. The summed E-state index contributed by atoms with van der Waals surface area (Å²) in [7, 11) is 0. The summed E-state index contributed by atoms with van der Waals surface area (Å²) in [6.07, 6.45) is 2.04. The van der Waals surface area contributed by atoms with Crippen molar-refractivity contribution in [2.24, 2.45) is 0 Å². The summed E-state index contributed by atoms with van der Waals surface area (Å²) in [6.45, 7) is 5.33. The lowest BCUT2D eigenvalue weighted by Crippen LogP contribution is -2.01. The highest BCUT2D eigenvalue weighted by Gasteiger charge is 2.24. The van der Waals surface area contributed by atoms with E-state index in [4.69, 9.17) is 9.47 Å². The Morgan fingerprint density at radius 3 is 1.59 bits per heavy atom. The van der Waals surface area contributed by atoms with Crippen LogP contribution in [0.3, 0.4) is 0 Å². The number of hydrogen-bond acceptors (Lipinski definition) is 2. The van der Waals surface area contributed by atoms with Crippen molar-refractivity contribution in [1.82, 2.24) is 0 Å². The molecule has 2 nitrogen and oxygen atoms in total. The van der Waals surface area contributed by atoms with E-state index in [2.05, 4.69) is 78.9 Å². The molecule has 0 amide bonds. The van der Waals surface area contributed by atoms with Crippen LogP contribution in [-0.4, -0.2) is 13.2 Å². The fraction of sp³-hybridized carbons (Fsp3) is 0.200. The number of ether oxygens (including phenoxy) is 2. The Morgan fingerprint density at radius 1 is 0.531 bits per heavy atom. The molecule has 0 radical (unpaired) electrons. The van der Waals surface area contributed by atoms with Crippen LogP contribution in [0.1, 0.15) is 36.1 Å². The molecule has 4 aromatic rings.